The van der Waals surface area contributed by atoms with Gasteiger partial charge in [0.1, 0.15) is 0 Å². The summed E-state index contributed by atoms with van der Waals surface area (Å²) in [5, 5.41) is 8.71. The van der Waals surface area contributed by atoms with Crippen LogP contribution in [0.15, 0.2) is 0 Å². The molecule has 1 aliphatic rings. The predicted octanol–water partition coefficient (Wildman–Crippen LogP) is 2.53. The van der Waals surface area contributed by atoms with Gasteiger partial charge in [0, 0.05) is 0 Å². The van der Waals surface area contributed by atoms with Crippen LogP contribution in [0.5, 0.6) is 0 Å². The van der Waals surface area contributed by atoms with E-state index < -0.39 is 5.97 Å². The summed E-state index contributed by atoms with van der Waals surface area (Å²) in [7, 11) is 0. The largest absolute Gasteiger partial charge is 0.481 e. The van der Waals surface area contributed by atoms with E-state index in [0.29, 0.717) is 18.3 Å². The van der Waals surface area contributed by atoms with Gasteiger partial charge in [0.2, 0.25) is 0 Å². The molecule has 2 unspecified atom stereocenters. The van der Waals surface area contributed by atoms with Crippen molar-refractivity contribution in [1.82, 2.24) is 0 Å². The Balaban J connectivity index is 2.57. The third-order valence-corrected chi connectivity index (χ3v) is 3.18. The van der Waals surface area contributed by atoms with Crippen molar-refractivity contribution in [3.05, 3.63) is 0 Å². The SMILES string of the molecule is CC1CC(C)(CC(=O)O)C[C@@H]1C. The summed E-state index contributed by atoms with van der Waals surface area (Å²) in [5.41, 5.74) is 0.0602. The summed E-state index contributed by atoms with van der Waals surface area (Å²) in [5.74, 6) is 0.725. The van der Waals surface area contributed by atoms with E-state index in [-0.39, 0.29) is 5.41 Å². The first-order valence-corrected chi connectivity index (χ1v) is 4.65. The van der Waals surface area contributed by atoms with Gasteiger partial charge in [0.15, 0.2) is 0 Å². The number of carbonyl (C=O) groups is 1. The Morgan fingerprint density at radius 3 is 2.17 bits per heavy atom. The third kappa shape index (κ3) is 1.99. The molecule has 1 fully saturated rings. The average molecular weight is 170 g/mol. The Hall–Kier alpha value is -0.530. The number of hydrogen-bond donors (Lipinski definition) is 1. The molecule has 2 heteroatoms. The minimum Gasteiger partial charge on any atom is -0.481 e. The lowest BCUT2D eigenvalue weighted by molar-refractivity contribution is -0.139. The molecular weight excluding hydrogens is 152 g/mol. The van der Waals surface area contributed by atoms with E-state index in [9.17, 15) is 4.79 Å². The van der Waals surface area contributed by atoms with Crippen molar-refractivity contribution in [3.8, 4) is 0 Å². The number of aliphatic carboxylic acids is 1. The normalized spacial score (nSPS) is 41.6. The smallest absolute Gasteiger partial charge is 0.303 e. The van der Waals surface area contributed by atoms with Crippen molar-refractivity contribution in [2.45, 2.75) is 40.0 Å². The maximum absolute atomic E-state index is 10.6. The molecule has 12 heavy (non-hydrogen) atoms. The molecule has 0 aliphatic heterocycles. The Kier molecular flexibility index (Phi) is 2.45. The van der Waals surface area contributed by atoms with Gasteiger partial charge in [-0.1, -0.05) is 20.8 Å². The van der Waals surface area contributed by atoms with E-state index >= 15 is 0 Å². The van der Waals surface area contributed by atoms with Crippen molar-refractivity contribution in [2.24, 2.45) is 17.3 Å². The van der Waals surface area contributed by atoms with Crippen LogP contribution in [0.1, 0.15) is 40.0 Å². The second-order valence-electron chi connectivity index (χ2n) is 4.74. The first-order valence-electron chi connectivity index (χ1n) is 4.65. The molecular formula is C10H18O2. The molecule has 3 atom stereocenters. The van der Waals surface area contributed by atoms with Crippen LogP contribution in [-0.4, -0.2) is 11.1 Å². The molecule has 1 aliphatic carbocycles. The molecule has 0 saturated heterocycles. The molecule has 0 bridgehead atoms. The van der Waals surface area contributed by atoms with Gasteiger partial charge in [-0.2, -0.15) is 0 Å². The molecule has 1 rings (SSSR count). The molecule has 2 nitrogen and oxygen atoms in total. The van der Waals surface area contributed by atoms with E-state index in [1.165, 1.54) is 0 Å². The molecule has 0 aromatic rings. The fourth-order valence-electron chi connectivity index (χ4n) is 2.55. The minimum atomic E-state index is -0.654. The van der Waals surface area contributed by atoms with Crippen LogP contribution in [0.3, 0.4) is 0 Å². The molecule has 0 heterocycles. The maximum atomic E-state index is 10.6. The van der Waals surface area contributed by atoms with E-state index in [1.807, 2.05) is 0 Å². The molecule has 1 saturated carbocycles. The fourth-order valence-corrected chi connectivity index (χ4v) is 2.55. The van der Waals surface area contributed by atoms with Gasteiger partial charge in [-0.05, 0) is 30.1 Å². The molecule has 70 valence electrons. The van der Waals surface area contributed by atoms with Crippen LogP contribution in [0.25, 0.3) is 0 Å². The summed E-state index contributed by atoms with van der Waals surface area (Å²) in [6.45, 7) is 6.54. The van der Waals surface area contributed by atoms with E-state index in [4.69, 9.17) is 5.11 Å². The lowest BCUT2D eigenvalue weighted by atomic mass is 9.84. The summed E-state index contributed by atoms with van der Waals surface area (Å²) >= 11 is 0. The zero-order valence-corrected chi connectivity index (χ0v) is 8.13. The zero-order chi connectivity index (χ0) is 9.35. The van der Waals surface area contributed by atoms with Crippen LogP contribution in [0, 0.1) is 17.3 Å². The quantitative estimate of drug-likeness (QED) is 0.691. The Bertz CT molecular complexity index is 176. The highest BCUT2D eigenvalue weighted by molar-refractivity contribution is 5.67. The Morgan fingerprint density at radius 1 is 1.42 bits per heavy atom. The molecule has 0 spiro atoms. The minimum absolute atomic E-state index is 0.0602. The van der Waals surface area contributed by atoms with Gasteiger partial charge in [0.05, 0.1) is 6.42 Å². The maximum Gasteiger partial charge on any atom is 0.303 e. The molecule has 0 aromatic carbocycles. The number of rotatable bonds is 2. The van der Waals surface area contributed by atoms with Crippen LogP contribution in [-0.2, 0) is 4.79 Å². The second-order valence-corrected chi connectivity index (χ2v) is 4.74. The van der Waals surface area contributed by atoms with Gasteiger partial charge in [0.25, 0.3) is 0 Å². The zero-order valence-electron chi connectivity index (χ0n) is 8.13. The van der Waals surface area contributed by atoms with Gasteiger partial charge in [-0.3, -0.25) is 4.79 Å². The van der Waals surface area contributed by atoms with Gasteiger partial charge < -0.3 is 5.11 Å². The van der Waals surface area contributed by atoms with Gasteiger partial charge in [-0.25, -0.2) is 0 Å². The summed E-state index contributed by atoms with van der Waals surface area (Å²) in [6.07, 6.45) is 2.47. The molecule has 0 aromatic heterocycles. The highest BCUT2D eigenvalue weighted by Crippen LogP contribution is 2.47. The lowest BCUT2D eigenvalue weighted by Crippen LogP contribution is -2.17. The van der Waals surface area contributed by atoms with Crippen LogP contribution in [0.2, 0.25) is 0 Å². The topological polar surface area (TPSA) is 37.3 Å². The number of hydrogen-bond acceptors (Lipinski definition) is 1. The monoisotopic (exact) mass is 170 g/mol. The fraction of sp³-hybridized carbons (Fsp3) is 0.900. The first-order chi connectivity index (χ1) is 5.43. The Labute approximate surface area is 74.0 Å². The van der Waals surface area contributed by atoms with Crippen molar-refractivity contribution in [1.29, 1.82) is 0 Å². The Morgan fingerprint density at radius 2 is 1.83 bits per heavy atom. The third-order valence-electron chi connectivity index (χ3n) is 3.18. The second kappa shape index (κ2) is 3.08. The number of carboxylic acid groups (broad SMARTS) is 1. The first kappa shape index (κ1) is 9.56. The number of carboxylic acids is 1. The van der Waals surface area contributed by atoms with Crippen molar-refractivity contribution >= 4 is 5.97 Å². The van der Waals surface area contributed by atoms with Crippen molar-refractivity contribution in [2.75, 3.05) is 0 Å². The van der Waals surface area contributed by atoms with Gasteiger partial charge in [-0.15, -0.1) is 0 Å². The van der Waals surface area contributed by atoms with Gasteiger partial charge >= 0.3 is 5.97 Å². The van der Waals surface area contributed by atoms with E-state index in [2.05, 4.69) is 20.8 Å². The molecule has 1 N–H and O–H groups in total. The van der Waals surface area contributed by atoms with E-state index in [1.54, 1.807) is 0 Å². The van der Waals surface area contributed by atoms with E-state index in [0.717, 1.165) is 12.8 Å². The standard InChI is InChI=1S/C10H18O2/c1-7-4-10(3,5-8(7)2)6-9(11)12/h7-8H,4-6H2,1-3H3,(H,11,12)/t7-,8?,10?/m0/s1. The summed E-state index contributed by atoms with van der Waals surface area (Å²) < 4.78 is 0. The summed E-state index contributed by atoms with van der Waals surface area (Å²) in [4.78, 5) is 10.6. The highest BCUT2D eigenvalue weighted by atomic mass is 16.4. The lowest BCUT2D eigenvalue weighted by Gasteiger charge is -2.20. The molecule has 0 radical (unpaired) electrons. The molecule has 0 amide bonds. The predicted molar refractivity (Wildman–Crippen MR) is 47.9 cm³/mol. The van der Waals surface area contributed by atoms with Crippen LogP contribution >= 0.6 is 0 Å². The average Bonchev–Trinajstić information content (AvgIpc) is 2.04. The van der Waals surface area contributed by atoms with Crippen molar-refractivity contribution < 1.29 is 9.90 Å². The van der Waals surface area contributed by atoms with Crippen LogP contribution in [0.4, 0.5) is 0 Å². The summed E-state index contributed by atoms with van der Waals surface area (Å²) in [6, 6.07) is 0. The van der Waals surface area contributed by atoms with Crippen molar-refractivity contribution in [3.63, 3.8) is 0 Å². The highest BCUT2D eigenvalue weighted by Gasteiger charge is 2.39. The van der Waals surface area contributed by atoms with Crippen LogP contribution < -0.4 is 0 Å².